The maximum Gasteiger partial charge on any atom is 0.139 e. The lowest BCUT2D eigenvalue weighted by Crippen LogP contribution is -2.46. The van der Waals surface area contributed by atoms with Gasteiger partial charge in [0.25, 0.3) is 0 Å². The summed E-state index contributed by atoms with van der Waals surface area (Å²) >= 11 is 0. The molecule has 0 aromatic rings. The lowest BCUT2D eigenvalue weighted by molar-refractivity contribution is -0.117. The van der Waals surface area contributed by atoms with Gasteiger partial charge in [0.2, 0.25) is 0 Å². The zero-order valence-corrected chi connectivity index (χ0v) is 9.42. The standard InChI is InChI=1S/C11H21NO2/c1-10(2,9-13)12-7-4-5-11(3,14)6-8-12/h9,14H,4-8H2,1-3H3. The molecule has 0 amide bonds. The second kappa shape index (κ2) is 3.99. The molecule has 0 aliphatic carbocycles. The highest BCUT2D eigenvalue weighted by Gasteiger charge is 2.31. The number of carbonyl (C=O) groups excluding carboxylic acids is 1. The third-order valence-electron chi connectivity index (χ3n) is 3.17. The minimum atomic E-state index is -0.548. The Morgan fingerprint density at radius 2 is 2.00 bits per heavy atom. The molecule has 1 rings (SSSR count). The van der Waals surface area contributed by atoms with Gasteiger partial charge in [-0.2, -0.15) is 0 Å². The van der Waals surface area contributed by atoms with Gasteiger partial charge in [-0.3, -0.25) is 4.90 Å². The van der Waals surface area contributed by atoms with Gasteiger partial charge in [0.05, 0.1) is 11.1 Å². The number of carbonyl (C=O) groups is 1. The topological polar surface area (TPSA) is 40.5 Å². The van der Waals surface area contributed by atoms with E-state index in [2.05, 4.69) is 4.90 Å². The number of likely N-dealkylation sites (tertiary alicyclic amines) is 1. The predicted octanol–water partition coefficient (Wildman–Crippen LogP) is 1.20. The van der Waals surface area contributed by atoms with Crippen molar-refractivity contribution in [2.45, 2.75) is 51.2 Å². The molecule has 82 valence electrons. The summed E-state index contributed by atoms with van der Waals surface area (Å²) in [4.78, 5) is 13.0. The van der Waals surface area contributed by atoms with Crippen LogP contribution in [0, 0.1) is 0 Å². The van der Waals surface area contributed by atoms with Crippen LogP contribution in [-0.4, -0.2) is 40.5 Å². The van der Waals surface area contributed by atoms with Crippen molar-refractivity contribution in [3.05, 3.63) is 0 Å². The van der Waals surface area contributed by atoms with E-state index in [1.54, 1.807) is 0 Å². The van der Waals surface area contributed by atoms with Crippen LogP contribution in [0.3, 0.4) is 0 Å². The first-order chi connectivity index (χ1) is 6.37. The van der Waals surface area contributed by atoms with E-state index in [0.29, 0.717) is 0 Å². The fourth-order valence-corrected chi connectivity index (χ4v) is 1.91. The van der Waals surface area contributed by atoms with E-state index >= 15 is 0 Å². The van der Waals surface area contributed by atoms with Crippen LogP contribution >= 0.6 is 0 Å². The van der Waals surface area contributed by atoms with Crippen LogP contribution in [0.5, 0.6) is 0 Å². The SMILES string of the molecule is CC1(O)CCCN(C(C)(C)C=O)CC1. The number of aliphatic hydroxyl groups is 1. The Morgan fingerprint density at radius 3 is 2.57 bits per heavy atom. The first-order valence-corrected chi connectivity index (χ1v) is 5.31. The van der Waals surface area contributed by atoms with Crippen molar-refractivity contribution in [2.75, 3.05) is 13.1 Å². The average molecular weight is 199 g/mol. The molecule has 1 heterocycles. The van der Waals surface area contributed by atoms with Gasteiger partial charge in [0.1, 0.15) is 6.29 Å². The molecule has 0 bridgehead atoms. The molecule has 1 aliphatic rings. The highest BCUT2D eigenvalue weighted by Crippen LogP contribution is 2.24. The highest BCUT2D eigenvalue weighted by molar-refractivity contribution is 5.62. The van der Waals surface area contributed by atoms with Gasteiger partial charge < -0.3 is 9.90 Å². The Kier molecular flexibility index (Phi) is 3.32. The summed E-state index contributed by atoms with van der Waals surface area (Å²) in [5.41, 5.74) is -0.936. The van der Waals surface area contributed by atoms with Crippen LogP contribution in [-0.2, 0) is 4.79 Å². The van der Waals surface area contributed by atoms with Gasteiger partial charge in [-0.1, -0.05) is 0 Å². The third kappa shape index (κ3) is 2.79. The van der Waals surface area contributed by atoms with Crippen LogP contribution in [0.1, 0.15) is 40.0 Å². The molecule has 1 saturated heterocycles. The Labute approximate surface area is 86.1 Å². The summed E-state index contributed by atoms with van der Waals surface area (Å²) in [5, 5.41) is 9.90. The van der Waals surface area contributed by atoms with E-state index in [-0.39, 0.29) is 5.54 Å². The zero-order chi connectivity index (χ0) is 10.8. The molecule has 14 heavy (non-hydrogen) atoms. The number of rotatable bonds is 2. The minimum absolute atomic E-state index is 0.388. The van der Waals surface area contributed by atoms with Gasteiger partial charge in [0, 0.05) is 6.54 Å². The number of hydrogen-bond acceptors (Lipinski definition) is 3. The summed E-state index contributed by atoms with van der Waals surface area (Å²) in [6, 6.07) is 0. The van der Waals surface area contributed by atoms with Gasteiger partial charge in [-0.25, -0.2) is 0 Å². The summed E-state index contributed by atoms with van der Waals surface area (Å²) in [7, 11) is 0. The van der Waals surface area contributed by atoms with E-state index in [0.717, 1.165) is 38.6 Å². The molecule has 1 fully saturated rings. The molecule has 0 aromatic heterocycles. The fraction of sp³-hybridized carbons (Fsp3) is 0.909. The summed E-state index contributed by atoms with van der Waals surface area (Å²) in [5.74, 6) is 0. The maximum atomic E-state index is 10.9. The Bertz CT molecular complexity index is 211. The average Bonchev–Trinajstić information content (AvgIpc) is 2.26. The van der Waals surface area contributed by atoms with Crippen LogP contribution in [0.2, 0.25) is 0 Å². The van der Waals surface area contributed by atoms with E-state index in [4.69, 9.17) is 0 Å². The minimum Gasteiger partial charge on any atom is -0.390 e. The molecule has 0 spiro atoms. The molecule has 1 N–H and O–H groups in total. The van der Waals surface area contributed by atoms with Gasteiger partial charge in [-0.05, 0) is 46.6 Å². The maximum absolute atomic E-state index is 10.9. The molecular formula is C11H21NO2. The number of hydrogen-bond donors (Lipinski definition) is 1. The Hall–Kier alpha value is -0.410. The summed E-state index contributed by atoms with van der Waals surface area (Å²) < 4.78 is 0. The lowest BCUT2D eigenvalue weighted by Gasteiger charge is -2.33. The second-order valence-corrected chi connectivity index (χ2v) is 5.11. The molecule has 3 nitrogen and oxygen atoms in total. The Balaban J connectivity index is 2.63. The van der Waals surface area contributed by atoms with Crippen molar-refractivity contribution in [3.8, 4) is 0 Å². The van der Waals surface area contributed by atoms with E-state index in [9.17, 15) is 9.90 Å². The van der Waals surface area contributed by atoms with Crippen molar-refractivity contribution in [2.24, 2.45) is 0 Å². The molecule has 1 aliphatic heterocycles. The van der Waals surface area contributed by atoms with Crippen LogP contribution in [0.15, 0.2) is 0 Å². The van der Waals surface area contributed by atoms with Crippen molar-refractivity contribution < 1.29 is 9.90 Å². The van der Waals surface area contributed by atoms with Gasteiger partial charge >= 0.3 is 0 Å². The fourth-order valence-electron chi connectivity index (χ4n) is 1.91. The number of aldehydes is 1. The van der Waals surface area contributed by atoms with Crippen LogP contribution < -0.4 is 0 Å². The first-order valence-electron chi connectivity index (χ1n) is 5.31. The van der Waals surface area contributed by atoms with E-state index in [1.165, 1.54) is 0 Å². The molecule has 0 radical (unpaired) electrons. The molecular weight excluding hydrogens is 178 g/mol. The second-order valence-electron chi connectivity index (χ2n) is 5.11. The number of nitrogens with zero attached hydrogens (tertiary/aromatic N) is 1. The van der Waals surface area contributed by atoms with Crippen LogP contribution in [0.25, 0.3) is 0 Å². The lowest BCUT2D eigenvalue weighted by atomic mass is 9.98. The summed E-state index contributed by atoms with van der Waals surface area (Å²) in [6.07, 6.45) is 3.54. The normalized spacial score (nSPS) is 31.1. The summed E-state index contributed by atoms with van der Waals surface area (Å²) in [6.45, 7) is 7.45. The van der Waals surface area contributed by atoms with Crippen molar-refractivity contribution in [3.63, 3.8) is 0 Å². The molecule has 0 aromatic carbocycles. The van der Waals surface area contributed by atoms with Gasteiger partial charge in [-0.15, -0.1) is 0 Å². The monoisotopic (exact) mass is 199 g/mol. The quantitative estimate of drug-likeness (QED) is 0.679. The highest BCUT2D eigenvalue weighted by atomic mass is 16.3. The molecule has 3 heteroatoms. The van der Waals surface area contributed by atoms with Crippen molar-refractivity contribution in [1.29, 1.82) is 0 Å². The molecule has 1 unspecified atom stereocenters. The van der Waals surface area contributed by atoms with Crippen molar-refractivity contribution >= 4 is 6.29 Å². The Morgan fingerprint density at radius 1 is 1.36 bits per heavy atom. The predicted molar refractivity (Wildman–Crippen MR) is 56.2 cm³/mol. The zero-order valence-electron chi connectivity index (χ0n) is 9.42. The van der Waals surface area contributed by atoms with Crippen molar-refractivity contribution in [1.82, 2.24) is 4.90 Å². The third-order valence-corrected chi connectivity index (χ3v) is 3.17. The van der Waals surface area contributed by atoms with Crippen LogP contribution in [0.4, 0.5) is 0 Å². The molecule has 1 atom stereocenters. The largest absolute Gasteiger partial charge is 0.390 e. The van der Waals surface area contributed by atoms with E-state index in [1.807, 2.05) is 20.8 Å². The van der Waals surface area contributed by atoms with E-state index < -0.39 is 5.60 Å². The van der Waals surface area contributed by atoms with Gasteiger partial charge in [0.15, 0.2) is 0 Å². The molecule has 0 saturated carbocycles. The first kappa shape index (κ1) is 11.7. The smallest absolute Gasteiger partial charge is 0.139 e.